The van der Waals surface area contributed by atoms with Crippen LogP contribution < -0.4 is 10.6 Å². The molecule has 2 aromatic heterocycles. The minimum atomic E-state index is -4.56. The second-order valence-corrected chi connectivity index (χ2v) is 11.2. The standard InChI is InChI=1S/C25H28F5N5O2S/c1-12-4-3-9-35(12)24(37)18-19(38-23(34-18)22(36)32-14-5-2-6-14)16-11-31-17(10-15(16)21(26)27)33-20(13-7-8-13)25(28,29)30/h10-14,20-21H,2-9H2,1H3,(H,31,33)(H,32,36). The van der Waals surface area contributed by atoms with Crippen LogP contribution in [0.1, 0.15) is 84.1 Å². The molecule has 2 unspecified atom stereocenters. The summed E-state index contributed by atoms with van der Waals surface area (Å²) in [5.41, 5.74) is -0.841. The van der Waals surface area contributed by atoms with E-state index in [0.717, 1.165) is 55.7 Å². The number of carbonyl (C=O) groups excluding carboxylic acids is 2. The van der Waals surface area contributed by atoms with Crippen molar-refractivity contribution in [2.45, 2.75) is 82.6 Å². The number of carbonyl (C=O) groups is 2. The maximum atomic E-state index is 14.3. The summed E-state index contributed by atoms with van der Waals surface area (Å²) in [5, 5.41) is 5.09. The highest BCUT2D eigenvalue weighted by Gasteiger charge is 2.49. The first kappa shape index (κ1) is 26.8. The van der Waals surface area contributed by atoms with E-state index in [4.69, 9.17) is 0 Å². The van der Waals surface area contributed by atoms with Crippen LogP contribution in [0.15, 0.2) is 12.3 Å². The summed E-state index contributed by atoms with van der Waals surface area (Å²) in [6, 6.07) is -1.07. The number of rotatable bonds is 8. The Labute approximate surface area is 220 Å². The molecule has 2 aromatic rings. The molecule has 13 heteroatoms. The van der Waals surface area contributed by atoms with Gasteiger partial charge in [-0.3, -0.25) is 9.59 Å². The van der Waals surface area contributed by atoms with E-state index in [-0.39, 0.29) is 39.0 Å². The fourth-order valence-electron chi connectivity index (χ4n) is 4.89. The van der Waals surface area contributed by atoms with Gasteiger partial charge in [-0.15, -0.1) is 11.3 Å². The number of hydrogen-bond donors (Lipinski definition) is 2. The van der Waals surface area contributed by atoms with Crippen LogP contribution in [0.25, 0.3) is 10.4 Å². The second-order valence-electron chi connectivity index (χ2n) is 10.2. The summed E-state index contributed by atoms with van der Waals surface area (Å²) >= 11 is 0.812. The molecule has 0 aromatic carbocycles. The lowest BCUT2D eigenvalue weighted by molar-refractivity contribution is -0.146. The van der Waals surface area contributed by atoms with Crippen LogP contribution in [-0.2, 0) is 0 Å². The molecule has 5 rings (SSSR count). The summed E-state index contributed by atoms with van der Waals surface area (Å²) < 4.78 is 69.0. The number of aromatic nitrogens is 2. The average molecular weight is 558 g/mol. The van der Waals surface area contributed by atoms with Crippen LogP contribution in [-0.4, -0.2) is 57.5 Å². The van der Waals surface area contributed by atoms with E-state index in [0.29, 0.717) is 19.4 Å². The maximum absolute atomic E-state index is 14.3. The van der Waals surface area contributed by atoms with Gasteiger partial charge in [0.15, 0.2) is 5.01 Å². The summed E-state index contributed by atoms with van der Waals surface area (Å²) in [7, 11) is 0. The van der Waals surface area contributed by atoms with Crippen molar-refractivity contribution >= 4 is 29.0 Å². The molecule has 3 aliphatic rings. The quantitative estimate of drug-likeness (QED) is 0.401. The van der Waals surface area contributed by atoms with E-state index in [1.54, 1.807) is 4.90 Å². The number of thiazole rings is 1. The molecule has 2 saturated carbocycles. The van der Waals surface area contributed by atoms with Crippen molar-refractivity contribution in [1.29, 1.82) is 0 Å². The Morgan fingerprint density at radius 3 is 2.42 bits per heavy atom. The fraction of sp³-hybridized carbons (Fsp3) is 0.600. The van der Waals surface area contributed by atoms with Crippen molar-refractivity contribution in [2.75, 3.05) is 11.9 Å². The molecule has 2 amide bonds. The van der Waals surface area contributed by atoms with Crippen LogP contribution in [0.4, 0.5) is 27.8 Å². The van der Waals surface area contributed by atoms with Crippen molar-refractivity contribution in [3.05, 3.63) is 28.5 Å². The first-order chi connectivity index (χ1) is 18.0. The van der Waals surface area contributed by atoms with E-state index in [9.17, 15) is 31.5 Å². The Morgan fingerprint density at radius 1 is 1.13 bits per heavy atom. The van der Waals surface area contributed by atoms with Gasteiger partial charge in [-0.25, -0.2) is 18.7 Å². The minimum absolute atomic E-state index is 0.00398. The molecule has 206 valence electrons. The Kier molecular flexibility index (Phi) is 7.31. The molecule has 7 nitrogen and oxygen atoms in total. The van der Waals surface area contributed by atoms with Gasteiger partial charge in [0.1, 0.15) is 17.6 Å². The number of alkyl halides is 5. The second kappa shape index (κ2) is 10.4. The van der Waals surface area contributed by atoms with Crippen molar-refractivity contribution in [2.24, 2.45) is 5.92 Å². The van der Waals surface area contributed by atoms with E-state index in [1.807, 2.05) is 6.92 Å². The van der Waals surface area contributed by atoms with E-state index in [2.05, 4.69) is 20.6 Å². The van der Waals surface area contributed by atoms with E-state index in [1.165, 1.54) is 0 Å². The molecular formula is C25H28F5N5O2S. The van der Waals surface area contributed by atoms with Crippen LogP contribution in [0, 0.1) is 5.92 Å². The molecule has 2 aliphatic carbocycles. The van der Waals surface area contributed by atoms with Gasteiger partial charge in [-0.05, 0) is 63.9 Å². The molecule has 0 bridgehead atoms. The molecular weight excluding hydrogens is 529 g/mol. The Balaban J connectivity index is 1.52. The van der Waals surface area contributed by atoms with Gasteiger partial charge in [-0.2, -0.15) is 13.2 Å². The zero-order valence-electron chi connectivity index (χ0n) is 20.7. The maximum Gasteiger partial charge on any atom is 0.408 e. The molecule has 2 N–H and O–H groups in total. The predicted octanol–water partition coefficient (Wildman–Crippen LogP) is 5.80. The lowest BCUT2D eigenvalue weighted by Crippen LogP contribution is -2.39. The summed E-state index contributed by atoms with van der Waals surface area (Å²) in [6.45, 7) is 2.36. The SMILES string of the molecule is CC1CCCN1C(=O)c1nc(C(=O)NC2CCC2)sc1-c1cnc(NC(C2CC2)C(F)(F)F)cc1C(F)F. The molecule has 3 fully saturated rings. The topological polar surface area (TPSA) is 87.2 Å². The molecule has 3 heterocycles. The highest BCUT2D eigenvalue weighted by Crippen LogP contribution is 2.43. The summed E-state index contributed by atoms with van der Waals surface area (Å²) in [5.74, 6) is -1.92. The number of nitrogens with one attached hydrogen (secondary N) is 2. The van der Waals surface area contributed by atoms with Crippen LogP contribution in [0.5, 0.6) is 0 Å². The van der Waals surface area contributed by atoms with Crippen molar-refractivity contribution in [1.82, 2.24) is 20.2 Å². The van der Waals surface area contributed by atoms with Crippen LogP contribution in [0.3, 0.4) is 0 Å². The molecule has 0 spiro atoms. The Bertz CT molecular complexity index is 1210. The lowest BCUT2D eigenvalue weighted by atomic mass is 9.93. The number of nitrogens with zero attached hydrogens (tertiary/aromatic N) is 3. The normalized spacial score (nSPS) is 20.9. The van der Waals surface area contributed by atoms with Crippen LogP contribution in [0.2, 0.25) is 0 Å². The Morgan fingerprint density at radius 2 is 1.87 bits per heavy atom. The van der Waals surface area contributed by atoms with Crippen molar-refractivity contribution < 1.29 is 31.5 Å². The highest BCUT2D eigenvalue weighted by molar-refractivity contribution is 7.17. The van der Waals surface area contributed by atoms with Crippen molar-refractivity contribution in [3.63, 3.8) is 0 Å². The van der Waals surface area contributed by atoms with Gasteiger partial charge in [0.2, 0.25) is 0 Å². The van der Waals surface area contributed by atoms with Gasteiger partial charge < -0.3 is 15.5 Å². The van der Waals surface area contributed by atoms with Gasteiger partial charge >= 0.3 is 6.18 Å². The smallest absolute Gasteiger partial charge is 0.358 e. The third-order valence-electron chi connectivity index (χ3n) is 7.44. The number of anilines is 1. The van der Waals surface area contributed by atoms with Crippen molar-refractivity contribution in [3.8, 4) is 10.4 Å². The molecule has 0 radical (unpaired) electrons. The number of amides is 2. The largest absolute Gasteiger partial charge is 0.408 e. The Hall–Kier alpha value is -2.83. The zero-order chi connectivity index (χ0) is 27.2. The summed E-state index contributed by atoms with van der Waals surface area (Å²) in [4.78, 5) is 36.2. The van der Waals surface area contributed by atoms with Gasteiger partial charge in [-0.1, -0.05) is 0 Å². The third kappa shape index (κ3) is 5.48. The lowest BCUT2D eigenvalue weighted by Gasteiger charge is -2.25. The predicted molar refractivity (Wildman–Crippen MR) is 131 cm³/mol. The number of pyridine rings is 1. The number of hydrogen-bond acceptors (Lipinski definition) is 6. The highest BCUT2D eigenvalue weighted by atomic mass is 32.1. The summed E-state index contributed by atoms with van der Waals surface area (Å²) in [6.07, 6.45) is -1.59. The third-order valence-corrected chi connectivity index (χ3v) is 8.53. The van der Waals surface area contributed by atoms with E-state index < -0.39 is 41.9 Å². The zero-order valence-corrected chi connectivity index (χ0v) is 21.5. The first-order valence-electron chi connectivity index (χ1n) is 12.8. The first-order valence-corrected chi connectivity index (χ1v) is 13.6. The van der Waals surface area contributed by atoms with Gasteiger partial charge in [0.05, 0.1) is 4.88 Å². The number of likely N-dealkylation sites (tertiary alicyclic amines) is 1. The number of halogens is 5. The molecule has 2 atom stereocenters. The minimum Gasteiger partial charge on any atom is -0.358 e. The van der Waals surface area contributed by atoms with Gasteiger partial charge in [0, 0.05) is 36.0 Å². The molecule has 1 aliphatic heterocycles. The monoisotopic (exact) mass is 557 g/mol. The molecule has 38 heavy (non-hydrogen) atoms. The molecule has 1 saturated heterocycles. The van der Waals surface area contributed by atoms with Crippen LogP contribution >= 0.6 is 11.3 Å². The fourth-order valence-corrected chi connectivity index (χ4v) is 5.88. The van der Waals surface area contributed by atoms with Gasteiger partial charge in [0.25, 0.3) is 18.2 Å². The average Bonchev–Trinajstić information content (AvgIpc) is 3.41. The van der Waals surface area contributed by atoms with E-state index >= 15 is 0 Å².